The third kappa shape index (κ3) is 1.19. The lowest BCUT2D eigenvalue weighted by Gasteiger charge is -2.03. The number of hydrogen-bond donors (Lipinski definition) is 0. The van der Waals surface area contributed by atoms with E-state index in [-0.39, 0.29) is 0 Å². The smallest absolute Gasteiger partial charge is 0.132 e. The summed E-state index contributed by atoms with van der Waals surface area (Å²) in [7, 11) is 0. The van der Waals surface area contributed by atoms with Gasteiger partial charge in [0.1, 0.15) is 0 Å². The zero-order valence-corrected chi connectivity index (χ0v) is 5.31. The van der Waals surface area contributed by atoms with Crippen molar-refractivity contribution >= 4 is 0 Å². The van der Waals surface area contributed by atoms with Gasteiger partial charge in [0.25, 0.3) is 0 Å². The lowest BCUT2D eigenvalue weighted by Crippen LogP contribution is -1.74. The molecule has 0 atom stereocenters. The van der Waals surface area contributed by atoms with Crippen LogP contribution >= 0.6 is 0 Å². The van der Waals surface area contributed by atoms with Gasteiger partial charge in [0.15, 0.2) is 0 Å². The molecule has 0 radical (unpaired) electrons. The van der Waals surface area contributed by atoms with Crippen molar-refractivity contribution in [2.45, 2.75) is 0 Å². The molecule has 0 saturated heterocycles. The molecule has 10 heavy (non-hydrogen) atoms. The van der Waals surface area contributed by atoms with Gasteiger partial charge in [0.2, 0.25) is 0 Å². The summed E-state index contributed by atoms with van der Waals surface area (Å²) in [5.41, 5.74) is 1.44. The average molecular weight is 124 g/mol. The van der Waals surface area contributed by atoms with E-state index in [0.717, 1.165) is 11.1 Å². The highest BCUT2D eigenvalue weighted by molar-refractivity contribution is 5.38. The highest BCUT2D eigenvalue weighted by Gasteiger charge is 1.71. The number of benzene rings is 1. The Balaban J connectivity index is 3.08. The van der Waals surface area contributed by atoms with E-state index in [1.807, 2.05) is 0 Å². The van der Waals surface area contributed by atoms with Crippen molar-refractivity contribution in [3.63, 3.8) is 0 Å². The maximum absolute atomic E-state index is 6.75. The van der Waals surface area contributed by atoms with Crippen LogP contribution in [0.25, 0.3) is 0 Å². The van der Waals surface area contributed by atoms with Crippen LogP contribution in [0.3, 0.4) is 0 Å². The minimum absolute atomic E-state index is 0.721. The number of hydrogen-bond acceptors (Lipinski definition) is 0. The second kappa shape index (κ2) is 2.76. The van der Waals surface area contributed by atoms with Gasteiger partial charge in [-0.1, -0.05) is 0 Å². The van der Waals surface area contributed by atoms with Crippen molar-refractivity contribution in [1.29, 1.82) is 0 Å². The van der Waals surface area contributed by atoms with E-state index >= 15 is 0 Å². The first-order valence-corrected chi connectivity index (χ1v) is 2.82. The lowest BCUT2D eigenvalue weighted by molar-refractivity contribution is 1.60. The Morgan fingerprint density at radius 3 is 1.30 bits per heavy atom. The molecule has 0 fully saturated rings. The van der Waals surface area contributed by atoms with Crippen LogP contribution in [0.15, 0.2) is 24.3 Å². The molecule has 0 bridgehead atoms. The summed E-state index contributed by atoms with van der Waals surface area (Å²) in [5, 5.41) is 0. The van der Waals surface area contributed by atoms with Crippen molar-refractivity contribution in [3.05, 3.63) is 48.2 Å². The van der Waals surface area contributed by atoms with Crippen molar-refractivity contribution in [2.75, 3.05) is 0 Å². The zero-order chi connectivity index (χ0) is 7.40. The standard InChI is InChI=1S/C10H4/c1-3-9-5-7-10(4-2)8-6-9/h5-8H/q-2. The van der Waals surface area contributed by atoms with Crippen molar-refractivity contribution in [3.8, 4) is 11.8 Å². The van der Waals surface area contributed by atoms with E-state index < -0.39 is 0 Å². The van der Waals surface area contributed by atoms with Gasteiger partial charge in [-0.15, -0.1) is 35.4 Å². The fourth-order valence-corrected chi connectivity index (χ4v) is 0.637. The Morgan fingerprint density at radius 1 is 0.800 bits per heavy atom. The van der Waals surface area contributed by atoms with E-state index in [0.29, 0.717) is 0 Å². The lowest BCUT2D eigenvalue weighted by atomic mass is 10.1. The molecule has 0 saturated carbocycles. The predicted molar refractivity (Wildman–Crippen MR) is 38.9 cm³/mol. The predicted octanol–water partition coefficient (Wildman–Crippen LogP) is 1.56. The largest absolute Gasteiger partial charge is 0.366 e. The SMILES string of the molecule is [C-]#Cc1ccc(C#[C-])cc1. The van der Waals surface area contributed by atoms with Crippen LogP contribution in [-0.4, -0.2) is 0 Å². The minimum Gasteiger partial charge on any atom is -0.366 e. The monoisotopic (exact) mass is 124 g/mol. The summed E-state index contributed by atoms with van der Waals surface area (Å²) in [4.78, 5) is 0. The molecule has 0 aliphatic rings. The molecule has 0 spiro atoms. The molecule has 0 N–H and O–H groups in total. The maximum atomic E-state index is 6.75. The van der Waals surface area contributed by atoms with Crippen LogP contribution in [0, 0.1) is 24.7 Å². The summed E-state index contributed by atoms with van der Waals surface area (Å²) < 4.78 is 0. The molecular formula is C10H4-2. The van der Waals surface area contributed by atoms with Crippen molar-refractivity contribution in [2.24, 2.45) is 0 Å². The molecule has 1 rings (SSSR count). The average Bonchev–Trinajstić information content (AvgIpc) is 2.05. The second-order valence-corrected chi connectivity index (χ2v) is 1.83. The molecule has 0 heteroatoms. The molecule has 0 heterocycles. The van der Waals surface area contributed by atoms with Crippen LogP contribution in [0.5, 0.6) is 0 Å². The first-order chi connectivity index (χ1) is 4.86. The highest BCUT2D eigenvalue weighted by Crippen LogP contribution is 2.00. The topological polar surface area (TPSA) is 0 Å². The third-order valence-corrected chi connectivity index (χ3v) is 1.17. The van der Waals surface area contributed by atoms with Crippen LogP contribution in [0.1, 0.15) is 11.1 Å². The van der Waals surface area contributed by atoms with Crippen molar-refractivity contribution < 1.29 is 0 Å². The number of rotatable bonds is 0. The summed E-state index contributed by atoms with van der Waals surface area (Å²) in [6.07, 6.45) is 13.5. The normalized spacial score (nSPS) is 7.80. The Labute approximate surface area is 60.9 Å². The molecule has 1 aromatic rings. The third-order valence-electron chi connectivity index (χ3n) is 1.17. The van der Waals surface area contributed by atoms with Gasteiger partial charge < -0.3 is 12.8 Å². The second-order valence-electron chi connectivity index (χ2n) is 1.83. The fraction of sp³-hybridized carbons (Fsp3) is 0. The van der Waals surface area contributed by atoms with Gasteiger partial charge in [0, 0.05) is 0 Å². The minimum atomic E-state index is 0.721. The van der Waals surface area contributed by atoms with Crippen LogP contribution in [-0.2, 0) is 0 Å². The highest BCUT2D eigenvalue weighted by atomic mass is 13.9. The van der Waals surface area contributed by atoms with E-state index in [1.165, 1.54) is 0 Å². The molecule has 0 amide bonds. The molecule has 0 unspecified atom stereocenters. The Bertz CT molecular complexity index is 257. The van der Waals surface area contributed by atoms with Gasteiger partial charge in [-0.25, -0.2) is 0 Å². The summed E-state index contributed by atoms with van der Waals surface area (Å²) in [5.74, 6) is 4.48. The Hall–Kier alpha value is -1.66. The molecular weight excluding hydrogens is 120 g/mol. The van der Waals surface area contributed by atoms with E-state index in [1.54, 1.807) is 24.3 Å². The van der Waals surface area contributed by atoms with E-state index in [9.17, 15) is 0 Å². The fourth-order valence-electron chi connectivity index (χ4n) is 0.637. The Kier molecular flexibility index (Phi) is 1.78. The molecule has 1 aromatic carbocycles. The summed E-state index contributed by atoms with van der Waals surface area (Å²) >= 11 is 0. The zero-order valence-electron chi connectivity index (χ0n) is 5.31. The van der Waals surface area contributed by atoms with E-state index in [4.69, 9.17) is 12.8 Å². The Morgan fingerprint density at radius 2 is 1.10 bits per heavy atom. The summed E-state index contributed by atoms with van der Waals surface area (Å²) in [6, 6.07) is 6.90. The van der Waals surface area contributed by atoms with Gasteiger partial charge >= 0.3 is 0 Å². The van der Waals surface area contributed by atoms with Gasteiger partial charge in [-0.2, -0.15) is 0 Å². The van der Waals surface area contributed by atoms with Gasteiger partial charge in [0.05, 0.1) is 0 Å². The van der Waals surface area contributed by atoms with Crippen molar-refractivity contribution in [1.82, 2.24) is 0 Å². The maximum Gasteiger partial charge on any atom is -0.132 e. The molecule has 0 aromatic heterocycles. The molecule has 0 nitrogen and oxygen atoms in total. The summed E-state index contributed by atoms with van der Waals surface area (Å²) in [6.45, 7) is 0. The molecule has 46 valence electrons. The van der Waals surface area contributed by atoms with E-state index in [2.05, 4.69) is 11.8 Å². The van der Waals surface area contributed by atoms with Gasteiger partial charge in [-0.3, -0.25) is 11.8 Å². The van der Waals surface area contributed by atoms with Gasteiger partial charge in [-0.05, 0) is 0 Å². The van der Waals surface area contributed by atoms with Crippen LogP contribution in [0.2, 0.25) is 0 Å². The molecule has 0 aliphatic heterocycles. The first-order valence-electron chi connectivity index (χ1n) is 2.82. The van der Waals surface area contributed by atoms with Crippen LogP contribution in [0.4, 0.5) is 0 Å². The van der Waals surface area contributed by atoms with Crippen LogP contribution < -0.4 is 0 Å². The first kappa shape index (κ1) is 6.46. The quantitative estimate of drug-likeness (QED) is 0.363. The molecule has 0 aliphatic carbocycles.